The smallest absolute Gasteiger partial charge is 0.257 e. The van der Waals surface area contributed by atoms with Crippen LogP contribution in [0.1, 0.15) is 61.8 Å². The molecule has 0 fully saturated rings. The molecule has 2 N–H and O–H groups in total. The minimum Gasteiger partial charge on any atom is -0.494 e. The standard InChI is InChI=1S/C29H31N3O3S/c1-5-35-20-12-10-19(11-13-20)23-24-21(14-29(3,4)15-22(24)33)30-26-25(23)27(34)32-28(31-26)36-16-18-8-6-17(2)7-9-18/h6-13,23H,5,14-16H2,1-4H3,(H2,30,31,32,34). The van der Waals surface area contributed by atoms with Crippen LogP contribution in [0, 0.1) is 12.3 Å². The highest BCUT2D eigenvalue weighted by Gasteiger charge is 2.42. The van der Waals surface area contributed by atoms with Gasteiger partial charge in [0.2, 0.25) is 0 Å². The fraction of sp³-hybridized carbons (Fsp3) is 0.345. The number of aryl methyl sites for hydroxylation is 1. The predicted molar refractivity (Wildman–Crippen MR) is 144 cm³/mol. The monoisotopic (exact) mass is 501 g/mol. The van der Waals surface area contributed by atoms with E-state index >= 15 is 0 Å². The van der Waals surface area contributed by atoms with E-state index < -0.39 is 5.92 Å². The van der Waals surface area contributed by atoms with Crippen molar-refractivity contribution in [2.45, 2.75) is 57.4 Å². The number of benzene rings is 2. The molecular weight excluding hydrogens is 470 g/mol. The van der Waals surface area contributed by atoms with Crippen LogP contribution >= 0.6 is 11.8 Å². The Kier molecular flexibility index (Phi) is 6.51. The van der Waals surface area contributed by atoms with Gasteiger partial charge < -0.3 is 15.0 Å². The number of nitrogens with zero attached hydrogens (tertiary/aromatic N) is 1. The first-order chi connectivity index (χ1) is 17.2. The van der Waals surface area contributed by atoms with Gasteiger partial charge in [-0.05, 0) is 48.9 Å². The molecule has 0 saturated heterocycles. The Morgan fingerprint density at radius 3 is 2.47 bits per heavy atom. The highest BCUT2D eigenvalue weighted by atomic mass is 32.2. The first-order valence-corrected chi connectivity index (χ1v) is 13.3. The second kappa shape index (κ2) is 9.62. The molecule has 0 bridgehead atoms. The number of carbonyl (C=O) groups excluding carboxylic acids is 1. The maximum Gasteiger partial charge on any atom is 0.257 e. The van der Waals surface area contributed by atoms with E-state index in [1.807, 2.05) is 31.2 Å². The lowest BCUT2D eigenvalue weighted by atomic mass is 9.69. The molecule has 2 aliphatic rings. The number of carbonyl (C=O) groups is 1. The van der Waals surface area contributed by atoms with Gasteiger partial charge in [-0.25, -0.2) is 4.98 Å². The van der Waals surface area contributed by atoms with E-state index in [1.54, 1.807) is 0 Å². The molecule has 1 aliphatic heterocycles. The van der Waals surface area contributed by atoms with Gasteiger partial charge >= 0.3 is 0 Å². The number of fused-ring (bicyclic) bond motifs is 1. The number of ether oxygens (including phenoxy) is 1. The third kappa shape index (κ3) is 4.85. The number of allylic oxidation sites excluding steroid dienone is 2. The summed E-state index contributed by atoms with van der Waals surface area (Å²) >= 11 is 1.49. The first-order valence-electron chi connectivity index (χ1n) is 12.3. The normalized spacial score (nSPS) is 18.3. The quantitative estimate of drug-likeness (QED) is 0.320. The SMILES string of the molecule is CCOc1ccc(C2C3=C(CC(C)(C)CC3=O)Nc3nc(SCc4ccc(C)cc4)[nH]c(=O)c32)cc1. The molecule has 0 radical (unpaired) electrons. The van der Waals surface area contributed by atoms with Gasteiger partial charge in [0.25, 0.3) is 5.56 Å². The lowest BCUT2D eigenvalue weighted by molar-refractivity contribution is -0.118. The summed E-state index contributed by atoms with van der Waals surface area (Å²) in [6.07, 6.45) is 1.17. The van der Waals surface area contributed by atoms with Crippen molar-refractivity contribution in [2.24, 2.45) is 5.41 Å². The van der Waals surface area contributed by atoms with Crippen LogP contribution < -0.4 is 15.6 Å². The molecule has 0 spiro atoms. The van der Waals surface area contributed by atoms with Crippen LogP contribution in [0.4, 0.5) is 5.82 Å². The summed E-state index contributed by atoms with van der Waals surface area (Å²) in [4.78, 5) is 34.7. The van der Waals surface area contributed by atoms with Crippen molar-refractivity contribution in [3.05, 3.63) is 92.4 Å². The third-order valence-electron chi connectivity index (χ3n) is 6.72. The lowest BCUT2D eigenvalue weighted by Crippen LogP contribution is -2.37. The number of aromatic nitrogens is 2. The number of hydrogen-bond donors (Lipinski definition) is 2. The molecule has 7 heteroatoms. The van der Waals surface area contributed by atoms with Crippen molar-refractivity contribution >= 4 is 23.4 Å². The molecule has 6 nitrogen and oxygen atoms in total. The van der Waals surface area contributed by atoms with Crippen LogP contribution in [0.3, 0.4) is 0 Å². The van der Waals surface area contributed by atoms with Gasteiger partial charge in [0.05, 0.1) is 12.2 Å². The Labute approximate surface area is 215 Å². The minimum atomic E-state index is -0.470. The summed E-state index contributed by atoms with van der Waals surface area (Å²) in [5, 5.41) is 3.95. The van der Waals surface area contributed by atoms with E-state index in [9.17, 15) is 9.59 Å². The zero-order valence-electron chi connectivity index (χ0n) is 21.1. The molecule has 0 saturated carbocycles. The summed E-state index contributed by atoms with van der Waals surface area (Å²) in [5.74, 6) is 1.60. The largest absolute Gasteiger partial charge is 0.494 e. The number of aromatic amines is 1. The zero-order chi connectivity index (χ0) is 25.4. The van der Waals surface area contributed by atoms with Crippen LogP contribution in [-0.2, 0) is 10.5 Å². The van der Waals surface area contributed by atoms with E-state index in [4.69, 9.17) is 9.72 Å². The molecule has 5 rings (SSSR count). The van der Waals surface area contributed by atoms with E-state index in [2.05, 4.69) is 55.3 Å². The van der Waals surface area contributed by atoms with Gasteiger partial charge in [-0.1, -0.05) is 67.6 Å². The zero-order valence-corrected chi connectivity index (χ0v) is 21.9. The highest BCUT2D eigenvalue weighted by Crippen LogP contribution is 2.47. The molecule has 2 aromatic carbocycles. The summed E-state index contributed by atoms with van der Waals surface area (Å²) in [6.45, 7) is 8.78. The molecule has 1 aliphatic carbocycles. The molecule has 3 aromatic rings. The van der Waals surface area contributed by atoms with Crippen LogP contribution in [0.2, 0.25) is 0 Å². The molecular formula is C29H31N3O3S. The Morgan fingerprint density at radius 1 is 1.06 bits per heavy atom. The Morgan fingerprint density at radius 2 is 1.78 bits per heavy atom. The number of Topliss-reactive ketones (excluding diaryl/α,β-unsaturated/α-hetero) is 1. The molecule has 1 aromatic heterocycles. The molecule has 1 atom stereocenters. The maximum absolute atomic E-state index is 13.5. The minimum absolute atomic E-state index is 0.0792. The topological polar surface area (TPSA) is 84.1 Å². The number of thioether (sulfide) groups is 1. The number of ketones is 1. The number of hydrogen-bond acceptors (Lipinski definition) is 6. The average molecular weight is 502 g/mol. The number of H-pyrrole nitrogens is 1. The average Bonchev–Trinajstić information content (AvgIpc) is 2.82. The van der Waals surface area contributed by atoms with Crippen molar-refractivity contribution in [2.75, 3.05) is 11.9 Å². The van der Waals surface area contributed by atoms with E-state index in [-0.39, 0.29) is 16.8 Å². The fourth-order valence-corrected chi connectivity index (χ4v) is 5.87. The predicted octanol–water partition coefficient (Wildman–Crippen LogP) is 5.97. The van der Waals surface area contributed by atoms with Gasteiger partial charge in [0.1, 0.15) is 11.6 Å². The number of nitrogens with one attached hydrogen (secondary N) is 2. The van der Waals surface area contributed by atoms with E-state index in [1.165, 1.54) is 17.3 Å². The lowest BCUT2D eigenvalue weighted by Gasteiger charge is -2.38. The molecule has 2 heterocycles. The van der Waals surface area contributed by atoms with Crippen molar-refractivity contribution in [3.8, 4) is 5.75 Å². The second-order valence-electron chi connectivity index (χ2n) is 10.3. The van der Waals surface area contributed by atoms with Crippen molar-refractivity contribution in [1.29, 1.82) is 0 Å². The van der Waals surface area contributed by atoms with Gasteiger partial charge in [-0.15, -0.1) is 0 Å². The van der Waals surface area contributed by atoms with Crippen molar-refractivity contribution in [1.82, 2.24) is 9.97 Å². The van der Waals surface area contributed by atoms with Crippen LogP contribution in [0.5, 0.6) is 5.75 Å². The van der Waals surface area contributed by atoms with Gasteiger partial charge in [0, 0.05) is 29.4 Å². The molecule has 36 heavy (non-hydrogen) atoms. The van der Waals surface area contributed by atoms with Gasteiger partial charge in [-0.2, -0.15) is 0 Å². The van der Waals surface area contributed by atoms with Crippen LogP contribution in [0.25, 0.3) is 0 Å². The second-order valence-corrected chi connectivity index (χ2v) is 11.3. The van der Waals surface area contributed by atoms with Crippen molar-refractivity contribution < 1.29 is 9.53 Å². The maximum atomic E-state index is 13.5. The fourth-order valence-electron chi connectivity index (χ4n) is 5.05. The third-order valence-corrected chi connectivity index (χ3v) is 7.67. The summed E-state index contributed by atoms with van der Waals surface area (Å²) in [7, 11) is 0. The Hall–Kier alpha value is -3.32. The summed E-state index contributed by atoms with van der Waals surface area (Å²) in [6, 6.07) is 16.0. The Bertz CT molecular complexity index is 1390. The Balaban J connectivity index is 1.55. The number of rotatable bonds is 6. The number of anilines is 1. The van der Waals surface area contributed by atoms with Gasteiger partial charge in [0.15, 0.2) is 10.9 Å². The molecule has 0 amide bonds. The van der Waals surface area contributed by atoms with E-state index in [0.29, 0.717) is 40.9 Å². The van der Waals surface area contributed by atoms with Crippen LogP contribution in [-0.4, -0.2) is 22.4 Å². The molecule has 186 valence electrons. The molecule has 1 unspecified atom stereocenters. The first kappa shape index (κ1) is 24.4. The van der Waals surface area contributed by atoms with Gasteiger partial charge in [-0.3, -0.25) is 9.59 Å². The summed E-state index contributed by atoms with van der Waals surface area (Å²) in [5.41, 5.74) is 4.92. The van der Waals surface area contributed by atoms with Crippen molar-refractivity contribution in [3.63, 3.8) is 0 Å². The summed E-state index contributed by atoms with van der Waals surface area (Å²) < 4.78 is 5.61. The van der Waals surface area contributed by atoms with E-state index in [0.717, 1.165) is 29.0 Å². The van der Waals surface area contributed by atoms with Crippen LogP contribution in [0.15, 0.2) is 69.8 Å². The highest BCUT2D eigenvalue weighted by molar-refractivity contribution is 7.98.